The first-order valence-corrected chi connectivity index (χ1v) is 13.0. The Labute approximate surface area is 211 Å². The number of aryl methyl sites for hydroxylation is 2. The van der Waals surface area contributed by atoms with Gasteiger partial charge in [0.15, 0.2) is 10.9 Å². The van der Waals surface area contributed by atoms with Gasteiger partial charge in [-0.25, -0.2) is 14.6 Å². The molecule has 8 nitrogen and oxygen atoms in total. The average Bonchev–Trinajstić information content (AvgIpc) is 3.19. The highest BCUT2D eigenvalue weighted by Crippen LogP contribution is 2.38. The van der Waals surface area contributed by atoms with Crippen LogP contribution in [0, 0.1) is 25.2 Å². The summed E-state index contributed by atoms with van der Waals surface area (Å²) in [6.07, 6.45) is 3.10. The van der Waals surface area contributed by atoms with Crippen LogP contribution in [0.2, 0.25) is 0 Å². The van der Waals surface area contributed by atoms with E-state index in [1.165, 1.54) is 18.2 Å². The molecule has 0 aliphatic heterocycles. The summed E-state index contributed by atoms with van der Waals surface area (Å²) in [5.41, 5.74) is 3.89. The quantitative estimate of drug-likeness (QED) is 0.368. The van der Waals surface area contributed by atoms with Crippen molar-refractivity contribution in [2.75, 3.05) is 7.11 Å². The second-order valence-electron chi connectivity index (χ2n) is 10.3. The van der Waals surface area contributed by atoms with E-state index in [0.29, 0.717) is 28.2 Å². The summed E-state index contributed by atoms with van der Waals surface area (Å²) in [6.45, 7) is 10.7. The minimum Gasteiger partial charge on any atom is -0.497 e. The van der Waals surface area contributed by atoms with Crippen molar-refractivity contribution in [2.45, 2.75) is 70.8 Å². The molecule has 2 atom stereocenters. The van der Waals surface area contributed by atoms with Crippen LogP contribution in [0.15, 0.2) is 35.5 Å². The number of methoxy groups -OCH3 is 1. The van der Waals surface area contributed by atoms with Gasteiger partial charge in [-0.15, -0.1) is 5.10 Å². The number of nitrogens with zero attached hydrogens (tertiary/aromatic N) is 5. The first kappa shape index (κ1) is 25.2. The fourth-order valence-corrected chi connectivity index (χ4v) is 6.08. The number of carbonyl (C=O) groups excluding carboxylic acids is 1. The van der Waals surface area contributed by atoms with Crippen LogP contribution in [0.5, 0.6) is 5.75 Å². The zero-order valence-corrected chi connectivity index (χ0v) is 22.1. The van der Waals surface area contributed by atoms with Crippen LogP contribution < -0.4 is 10.1 Å². The lowest BCUT2D eigenvalue weighted by Gasteiger charge is -2.39. The van der Waals surface area contributed by atoms with E-state index >= 15 is 0 Å². The number of benzene rings is 1. The van der Waals surface area contributed by atoms with Crippen LogP contribution in [-0.2, 0) is 5.75 Å². The van der Waals surface area contributed by atoms with E-state index in [0.717, 1.165) is 35.7 Å². The molecule has 1 aliphatic carbocycles. The molecule has 9 heteroatoms. The van der Waals surface area contributed by atoms with Gasteiger partial charge in [0.25, 0.3) is 5.91 Å². The number of hydrogen-bond acceptors (Lipinski definition) is 7. The van der Waals surface area contributed by atoms with Crippen LogP contribution >= 0.6 is 11.8 Å². The largest absolute Gasteiger partial charge is 0.497 e. The van der Waals surface area contributed by atoms with Gasteiger partial charge < -0.3 is 10.1 Å². The Hall–Kier alpha value is -2.94. The van der Waals surface area contributed by atoms with E-state index in [9.17, 15) is 4.79 Å². The summed E-state index contributed by atoms with van der Waals surface area (Å²) in [7, 11) is 1.63. The van der Waals surface area contributed by atoms with Crippen molar-refractivity contribution >= 4 is 17.7 Å². The molecule has 186 valence electrons. The monoisotopic (exact) mass is 494 g/mol. The molecule has 0 radical (unpaired) electrons. The Morgan fingerprint density at radius 1 is 1.17 bits per heavy atom. The van der Waals surface area contributed by atoms with E-state index in [4.69, 9.17) is 4.74 Å². The van der Waals surface area contributed by atoms with Crippen molar-refractivity contribution in [3.63, 3.8) is 0 Å². The van der Waals surface area contributed by atoms with Gasteiger partial charge in [-0.1, -0.05) is 37.7 Å². The van der Waals surface area contributed by atoms with Gasteiger partial charge in [0.05, 0.1) is 18.5 Å². The normalized spacial score (nSPS) is 19.4. The van der Waals surface area contributed by atoms with Crippen LogP contribution in [0.4, 0.5) is 0 Å². The molecule has 35 heavy (non-hydrogen) atoms. The van der Waals surface area contributed by atoms with Crippen molar-refractivity contribution in [3.8, 4) is 11.4 Å². The number of carbonyl (C=O) groups is 1. The first-order chi connectivity index (χ1) is 16.6. The molecule has 1 fully saturated rings. The Morgan fingerprint density at radius 2 is 1.86 bits per heavy atom. The Morgan fingerprint density at radius 3 is 2.49 bits per heavy atom. The van der Waals surface area contributed by atoms with Gasteiger partial charge in [-0.2, -0.15) is 0 Å². The third-order valence-corrected chi connectivity index (χ3v) is 7.18. The average molecular weight is 495 g/mol. The fraction of sp³-hybridized carbons (Fsp3) is 0.500. The smallest absolute Gasteiger partial charge is 0.274 e. The highest BCUT2D eigenvalue weighted by Gasteiger charge is 2.33. The van der Waals surface area contributed by atoms with Gasteiger partial charge in [0.2, 0.25) is 0 Å². The van der Waals surface area contributed by atoms with Gasteiger partial charge in [0.1, 0.15) is 5.75 Å². The Kier molecular flexibility index (Phi) is 7.44. The maximum atomic E-state index is 13.4. The maximum absolute atomic E-state index is 13.4. The summed E-state index contributed by atoms with van der Waals surface area (Å²) < 4.78 is 7.01. The van der Waals surface area contributed by atoms with Crippen molar-refractivity contribution in [1.82, 2.24) is 30.3 Å². The number of amides is 1. The maximum Gasteiger partial charge on any atom is 0.274 e. The molecule has 2 unspecified atom stereocenters. The number of ether oxygens (including phenoxy) is 1. The van der Waals surface area contributed by atoms with Crippen molar-refractivity contribution in [3.05, 3.63) is 53.1 Å². The van der Waals surface area contributed by atoms with E-state index in [1.54, 1.807) is 11.8 Å². The van der Waals surface area contributed by atoms with Crippen molar-refractivity contribution < 1.29 is 9.53 Å². The lowest BCUT2D eigenvalue weighted by Crippen LogP contribution is -2.43. The van der Waals surface area contributed by atoms with E-state index in [-0.39, 0.29) is 17.4 Å². The number of thioether (sulfide) groups is 1. The molecule has 0 saturated heterocycles. The van der Waals surface area contributed by atoms with Crippen LogP contribution in [-0.4, -0.2) is 44.0 Å². The molecular formula is C26H34N6O2S. The Bertz CT molecular complexity index is 1170. The molecule has 0 bridgehead atoms. The van der Waals surface area contributed by atoms with Crippen LogP contribution in [0.25, 0.3) is 5.69 Å². The molecule has 2 aromatic heterocycles. The standard InChI is InChI=1S/C26H34N6O2S/c1-16-11-19(14-26(4,5)13-16)29-24(33)23-22(15-35-25-27-17(2)12-18(3)28-25)32(31-30-23)20-7-9-21(34-6)10-8-20/h7-10,12,16,19H,11,13-15H2,1-6H3,(H,29,33). The molecule has 2 heterocycles. The number of rotatable bonds is 7. The zero-order valence-electron chi connectivity index (χ0n) is 21.3. The molecule has 1 N–H and O–H groups in total. The number of aromatic nitrogens is 5. The highest BCUT2D eigenvalue weighted by molar-refractivity contribution is 7.98. The molecule has 1 amide bonds. The van der Waals surface area contributed by atoms with Crippen molar-refractivity contribution in [2.24, 2.45) is 11.3 Å². The number of nitrogens with one attached hydrogen (secondary N) is 1. The second-order valence-corrected chi connectivity index (χ2v) is 11.2. The van der Waals surface area contributed by atoms with E-state index in [2.05, 4.69) is 46.4 Å². The summed E-state index contributed by atoms with van der Waals surface area (Å²) in [4.78, 5) is 22.5. The van der Waals surface area contributed by atoms with E-state index < -0.39 is 0 Å². The predicted octanol–water partition coefficient (Wildman–Crippen LogP) is 4.92. The SMILES string of the molecule is COc1ccc(-n2nnc(C(=O)NC3CC(C)CC(C)(C)C3)c2CSc2nc(C)cc(C)n2)cc1. The molecule has 1 aromatic carbocycles. The Balaban J connectivity index is 1.62. The van der Waals surface area contributed by atoms with Gasteiger partial charge >= 0.3 is 0 Å². The fourth-order valence-electron chi connectivity index (χ4n) is 5.14. The number of hydrogen-bond donors (Lipinski definition) is 1. The molecule has 0 spiro atoms. The molecule has 3 aromatic rings. The molecule has 4 rings (SSSR count). The summed E-state index contributed by atoms with van der Waals surface area (Å²) in [5, 5.41) is 12.6. The van der Waals surface area contributed by atoms with Gasteiger partial charge in [0, 0.05) is 23.2 Å². The van der Waals surface area contributed by atoms with Crippen molar-refractivity contribution in [1.29, 1.82) is 0 Å². The van der Waals surface area contributed by atoms with E-state index in [1.807, 2.05) is 44.2 Å². The van der Waals surface area contributed by atoms with Gasteiger partial charge in [-0.05, 0) is 74.8 Å². The van der Waals surface area contributed by atoms with Crippen LogP contribution in [0.3, 0.4) is 0 Å². The molecular weight excluding hydrogens is 460 g/mol. The third-order valence-electron chi connectivity index (χ3n) is 6.32. The third kappa shape index (κ3) is 6.20. The second kappa shape index (κ2) is 10.4. The minimum atomic E-state index is -0.184. The summed E-state index contributed by atoms with van der Waals surface area (Å²) in [5.74, 6) is 1.59. The zero-order chi connectivity index (χ0) is 25.2. The van der Waals surface area contributed by atoms with Gasteiger partial charge in [-0.3, -0.25) is 4.79 Å². The predicted molar refractivity (Wildman–Crippen MR) is 137 cm³/mol. The summed E-state index contributed by atoms with van der Waals surface area (Å²) in [6, 6.07) is 9.61. The van der Waals surface area contributed by atoms with Crippen LogP contribution in [0.1, 0.15) is 67.6 Å². The summed E-state index contributed by atoms with van der Waals surface area (Å²) >= 11 is 1.47. The molecule has 1 saturated carbocycles. The lowest BCUT2D eigenvalue weighted by molar-refractivity contribution is 0.0868. The minimum absolute atomic E-state index is 0.121. The topological polar surface area (TPSA) is 94.8 Å². The first-order valence-electron chi connectivity index (χ1n) is 12.0. The molecule has 1 aliphatic rings. The highest BCUT2D eigenvalue weighted by atomic mass is 32.2. The lowest BCUT2D eigenvalue weighted by atomic mass is 9.70.